The van der Waals surface area contributed by atoms with Crippen LogP contribution in [0.2, 0.25) is 0 Å². The summed E-state index contributed by atoms with van der Waals surface area (Å²) in [6.45, 7) is 0. The molecule has 1 aromatic heterocycles. The third kappa shape index (κ3) is 1.45. The van der Waals surface area contributed by atoms with Crippen molar-refractivity contribution < 1.29 is 0 Å². The molecule has 0 aliphatic heterocycles. The first-order valence-electron chi connectivity index (χ1n) is 4.33. The summed E-state index contributed by atoms with van der Waals surface area (Å²) < 4.78 is 1.25. The average molecular weight is 211 g/mol. The van der Waals surface area contributed by atoms with Gasteiger partial charge in [-0.1, -0.05) is 0 Å². The van der Waals surface area contributed by atoms with E-state index < -0.39 is 5.69 Å². The minimum Gasteiger partial charge on any atom is -0.250 e. The second-order valence-electron chi connectivity index (χ2n) is 2.99. The topological polar surface area (TPSA) is 98.3 Å². The number of rotatable bonds is 1. The van der Waals surface area contributed by atoms with Crippen LogP contribution in [-0.2, 0) is 0 Å². The van der Waals surface area contributed by atoms with Crippen molar-refractivity contribution in [2.75, 3.05) is 0 Å². The van der Waals surface area contributed by atoms with E-state index in [1.54, 1.807) is 6.07 Å². The molecule has 2 rings (SSSR count). The van der Waals surface area contributed by atoms with Gasteiger partial charge in [-0.3, -0.25) is 0 Å². The van der Waals surface area contributed by atoms with Crippen LogP contribution >= 0.6 is 0 Å². The molecule has 0 aliphatic carbocycles. The highest BCUT2D eigenvalue weighted by atomic mass is 16.1. The number of aromatic amines is 1. The van der Waals surface area contributed by atoms with Gasteiger partial charge in [0.15, 0.2) is 0 Å². The summed E-state index contributed by atoms with van der Waals surface area (Å²) in [5, 5.41) is 23.4. The molecule has 1 heterocycles. The second kappa shape index (κ2) is 3.71. The van der Waals surface area contributed by atoms with E-state index in [1.165, 1.54) is 23.0 Å². The molecule has 0 fully saturated rings. The lowest BCUT2D eigenvalue weighted by molar-refractivity contribution is 0.981. The lowest BCUT2D eigenvalue weighted by atomic mass is 10.1. The fraction of sp³-hybridized carbons (Fsp3) is 0. The summed E-state index contributed by atoms with van der Waals surface area (Å²) in [5.74, 6) is 0. The second-order valence-corrected chi connectivity index (χ2v) is 2.99. The molecule has 6 heteroatoms. The van der Waals surface area contributed by atoms with Gasteiger partial charge in [-0.2, -0.15) is 15.6 Å². The largest absolute Gasteiger partial charge is 0.347 e. The molecule has 0 unspecified atom stereocenters. The van der Waals surface area contributed by atoms with Crippen LogP contribution < -0.4 is 5.69 Å². The highest BCUT2D eigenvalue weighted by Gasteiger charge is 2.05. The normalized spacial score (nSPS) is 9.38. The fourth-order valence-corrected chi connectivity index (χ4v) is 1.30. The predicted molar refractivity (Wildman–Crippen MR) is 53.6 cm³/mol. The maximum absolute atomic E-state index is 11.3. The molecular weight excluding hydrogens is 206 g/mol. The molecule has 0 bridgehead atoms. The number of nitrogens with one attached hydrogen (secondary N) is 1. The fourth-order valence-electron chi connectivity index (χ4n) is 1.30. The smallest absolute Gasteiger partial charge is 0.250 e. The molecule has 2 aromatic rings. The highest BCUT2D eigenvalue weighted by Crippen LogP contribution is 2.12. The molecule has 0 saturated carbocycles. The van der Waals surface area contributed by atoms with Gasteiger partial charge in [-0.05, 0) is 18.2 Å². The van der Waals surface area contributed by atoms with E-state index in [9.17, 15) is 4.79 Å². The number of hydrogen-bond donors (Lipinski definition) is 1. The Bertz CT molecular complexity index is 667. The van der Waals surface area contributed by atoms with Gasteiger partial charge >= 0.3 is 5.69 Å². The Labute approximate surface area is 90.0 Å². The zero-order chi connectivity index (χ0) is 11.5. The molecule has 0 spiro atoms. The summed E-state index contributed by atoms with van der Waals surface area (Å²) in [7, 11) is 0. The number of nitrogens with zero attached hydrogens (tertiary/aromatic N) is 4. The van der Waals surface area contributed by atoms with Crippen molar-refractivity contribution in [2.45, 2.75) is 0 Å². The number of benzene rings is 1. The van der Waals surface area contributed by atoms with Crippen molar-refractivity contribution >= 4 is 0 Å². The molecule has 6 nitrogen and oxygen atoms in total. The Morgan fingerprint density at radius 1 is 1.25 bits per heavy atom. The van der Waals surface area contributed by atoms with E-state index in [0.29, 0.717) is 5.69 Å². The summed E-state index contributed by atoms with van der Waals surface area (Å²) in [6.07, 6.45) is 1.31. The molecule has 0 atom stereocenters. The predicted octanol–water partition coefficient (Wildman–Crippen LogP) is 0.304. The first-order valence-corrected chi connectivity index (χ1v) is 4.33. The highest BCUT2D eigenvalue weighted by molar-refractivity contribution is 5.51. The lowest BCUT2D eigenvalue weighted by Crippen LogP contribution is -2.14. The SMILES string of the molecule is N#Cc1ccc(-n2cn[nH]c2=O)cc1C#N. The molecule has 0 radical (unpaired) electrons. The summed E-state index contributed by atoms with van der Waals surface area (Å²) in [4.78, 5) is 11.3. The maximum Gasteiger partial charge on any atom is 0.347 e. The van der Waals surface area contributed by atoms with Crippen LogP contribution in [0.5, 0.6) is 0 Å². The summed E-state index contributed by atoms with van der Waals surface area (Å²) in [5.41, 5.74) is 0.610. The standard InChI is InChI=1S/C10H5N5O/c11-4-7-1-2-9(3-8(7)5-12)15-6-13-14-10(15)16/h1-3,6H,(H,14,16). The van der Waals surface area contributed by atoms with E-state index in [-0.39, 0.29) is 11.1 Å². The van der Waals surface area contributed by atoms with Gasteiger partial charge in [0.05, 0.1) is 16.8 Å². The van der Waals surface area contributed by atoms with Crippen molar-refractivity contribution in [3.05, 3.63) is 46.1 Å². The zero-order valence-corrected chi connectivity index (χ0v) is 8.01. The molecule has 0 saturated heterocycles. The van der Waals surface area contributed by atoms with Gasteiger partial charge in [-0.25, -0.2) is 14.5 Å². The summed E-state index contributed by atoms with van der Waals surface area (Å²) >= 11 is 0. The van der Waals surface area contributed by atoms with Crippen LogP contribution in [0.15, 0.2) is 29.3 Å². The molecule has 1 aromatic carbocycles. The van der Waals surface area contributed by atoms with E-state index in [1.807, 2.05) is 12.1 Å². The van der Waals surface area contributed by atoms with Crippen LogP contribution in [-0.4, -0.2) is 14.8 Å². The Morgan fingerprint density at radius 3 is 2.56 bits per heavy atom. The Balaban J connectivity index is 2.63. The van der Waals surface area contributed by atoms with Crippen molar-refractivity contribution in [2.24, 2.45) is 0 Å². The summed E-state index contributed by atoms with van der Waals surface area (Å²) in [6, 6.07) is 8.34. The first-order chi connectivity index (χ1) is 7.76. The Hall–Kier alpha value is -2.86. The number of H-pyrrole nitrogens is 1. The molecule has 0 aliphatic rings. The van der Waals surface area contributed by atoms with Gasteiger partial charge in [0.2, 0.25) is 0 Å². The zero-order valence-electron chi connectivity index (χ0n) is 8.01. The van der Waals surface area contributed by atoms with E-state index in [0.717, 1.165) is 0 Å². The van der Waals surface area contributed by atoms with Crippen LogP contribution in [0.3, 0.4) is 0 Å². The number of nitriles is 2. The molecule has 0 amide bonds. The molecule has 16 heavy (non-hydrogen) atoms. The third-order valence-electron chi connectivity index (χ3n) is 2.07. The van der Waals surface area contributed by atoms with Gasteiger partial charge in [-0.15, -0.1) is 0 Å². The van der Waals surface area contributed by atoms with Crippen LogP contribution in [0.4, 0.5) is 0 Å². The third-order valence-corrected chi connectivity index (χ3v) is 2.07. The van der Waals surface area contributed by atoms with Crippen LogP contribution in [0.25, 0.3) is 5.69 Å². The maximum atomic E-state index is 11.3. The van der Waals surface area contributed by atoms with E-state index in [4.69, 9.17) is 10.5 Å². The number of aromatic nitrogens is 3. The lowest BCUT2D eigenvalue weighted by Gasteiger charge is -2.01. The Kier molecular flexibility index (Phi) is 2.25. The van der Waals surface area contributed by atoms with Crippen molar-refractivity contribution in [1.82, 2.24) is 14.8 Å². The Morgan fingerprint density at radius 2 is 2.00 bits per heavy atom. The average Bonchev–Trinajstić information content (AvgIpc) is 2.74. The molecule has 1 N–H and O–H groups in total. The van der Waals surface area contributed by atoms with Gasteiger partial charge in [0.1, 0.15) is 18.5 Å². The molecular formula is C10H5N5O. The van der Waals surface area contributed by atoms with Crippen LogP contribution in [0, 0.1) is 22.7 Å². The van der Waals surface area contributed by atoms with E-state index >= 15 is 0 Å². The minimum atomic E-state index is -0.395. The number of hydrogen-bond acceptors (Lipinski definition) is 4. The van der Waals surface area contributed by atoms with Gasteiger partial charge in [0.25, 0.3) is 0 Å². The van der Waals surface area contributed by atoms with Crippen molar-refractivity contribution in [3.63, 3.8) is 0 Å². The van der Waals surface area contributed by atoms with E-state index in [2.05, 4.69) is 10.2 Å². The monoisotopic (exact) mass is 211 g/mol. The quantitative estimate of drug-likeness (QED) is 0.733. The van der Waals surface area contributed by atoms with Crippen molar-refractivity contribution in [3.8, 4) is 17.8 Å². The molecule has 76 valence electrons. The van der Waals surface area contributed by atoms with Crippen molar-refractivity contribution in [1.29, 1.82) is 10.5 Å². The van der Waals surface area contributed by atoms with Gasteiger partial charge in [0, 0.05) is 0 Å². The van der Waals surface area contributed by atoms with Crippen LogP contribution in [0.1, 0.15) is 11.1 Å². The first kappa shape index (κ1) is 9.69. The minimum absolute atomic E-state index is 0.230. The van der Waals surface area contributed by atoms with Gasteiger partial charge < -0.3 is 0 Å².